The van der Waals surface area contributed by atoms with E-state index >= 15 is 0 Å². The van der Waals surface area contributed by atoms with Crippen molar-refractivity contribution in [1.29, 1.82) is 0 Å². The topological polar surface area (TPSA) is 65.3 Å². The van der Waals surface area contributed by atoms with Crippen molar-refractivity contribution in [3.8, 4) is 5.69 Å². The molecule has 0 aliphatic carbocycles. The van der Waals surface area contributed by atoms with Crippen molar-refractivity contribution in [2.45, 2.75) is 13.0 Å². The second kappa shape index (κ2) is 4.88. The molecular weight excluding hydrogens is 320 g/mol. The van der Waals surface area contributed by atoms with E-state index in [1.165, 1.54) is 0 Å². The van der Waals surface area contributed by atoms with Crippen molar-refractivity contribution in [3.63, 3.8) is 0 Å². The molecule has 0 spiro atoms. The van der Waals surface area contributed by atoms with Gasteiger partial charge in [-0.3, -0.25) is 9.36 Å². The number of hydrogen-bond donors (Lipinski definition) is 1. The van der Waals surface area contributed by atoms with Crippen LogP contribution in [0.25, 0.3) is 11.2 Å². The maximum Gasteiger partial charge on any atom is 0.283 e. The van der Waals surface area contributed by atoms with Crippen LogP contribution in [0.1, 0.15) is 18.8 Å². The van der Waals surface area contributed by atoms with Crippen LogP contribution in [-0.2, 0) is 0 Å². The van der Waals surface area contributed by atoms with E-state index in [1.54, 1.807) is 21.3 Å². The molecule has 6 heteroatoms. The average molecular weight is 333 g/mol. The largest absolute Gasteiger partial charge is 0.322 e. The van der Waals surface area contributed by atoms with Crippen LogP contribution in [-0.4, -0.2) is 14.2 Å². The molecule has 1 atom stereocenters. The molecule has 0 amide bonds. The zero-order valence-corrected chi connectivity index (χ0v) is 12.4. The van der Waals surface area contributed by atoms with Gasteiger partial charge in [0.15, 0.2) is 5.82 Å². The quantitative estimate of drug-likeness (QED) is 0.782. The van der Waals surface area contributed by atoms with Crippen LogP contribution in [0.4, 0.5) is 0 Å². The summed E-state index contributed by atoms with van der Waals surface area (Å²) < 4.78 is 3.84. The number of nitrogens with zero attached hydrogens (tertiary/aromatic N) is 3. The molecule has 20 heavy (non-hydrogen) atoms. The molecule has 0 saturated carbocycles. The Hall–Kier alpha value is -1.92. The van der Waals surface area contributed by atoms with Crippen molar-refractivity contribution in [3.05, 3.63) is 63.2 Å². The van der Waals surface area contributed by atoms with Gasteiger partial charge < -0.3 is 5.73 Å². The Morgan fingerprint density at radius 1 is 1.25 bits per heavy atom. The fourth-order valence-corrected chi connectivity index (χ4v) is 2.64. The summed E-state index contributed by atoms with van der Waals surface area (Å²) in [5, 5.41) is 4.46. The molecule has 1 aromatic carbocycles. The zero-order valence-electron chi connectivity index (χ0n) is 10.8. The van der Waals surface area contributed by atoms with Crippen LogP contribution in [0, 0.1) is 0 Å². The summed E-state index contributed by atoms with van der Waals surface area (Å²) in [7, 11) is 0. The van der Waals surface area contributed by atoms with Gasteiger partial charge in [-0.05, 0) is 41.1 Å². The van der Waals surface area contributed by atoms with Gasteiger partial charge in [-0.25, -0.2) is 4.52 Å². The van der Waals surface area contributed by atoms with Gasteiger partial charge in [0, 0.05) is 6.20 Å². The first-order chi connectivity index (χ1) is 9.59. The Balaban J connectivity index is 2.45. The number of aromatic nitrogens is 3. The van der Waals surface area contributed by atoms with Crippen LogP contribution < -0.4 is 11.3 Å². The lowest BCUT2D eigenvalue weighted by atomic mass is 10.2. The predicted octanol–water partition coefficient (Wildman–Crippen LogP) is 2.27. The third-order valence-corrected chi connectivity index (χ3v) is 3.72. The van der Waals surface area contributed by atoms with E-state index in [0.717, 1.165) is 10.2 Å². The lowest BCUT2D eigenvalue weighted by molar-refractivity contribution is 0.647. The van der Waals surface area contributed by atoms with E-state index < -0.39 is 0 Å². The molecule has 0 unspecified atom stereocenters. The molecule has 5 nitrogen and oxygen atoms in total. The minimum absolute atomic E-state index is 0.143. The smallest absolute Gasteiger partial charge is 0.283 e. The summed E-state index contributed by atoms with van der Waals surface area (Å²) >= 11 is 3.38. The second-order valence-corrected chi connectivity index (χ2v) is 5.43. The van der Waals surface area contributed by atoms with E-state index in [2.05, 4.69) is 21.0 Å². The first-order valence-electron chi connectivity index (χ1n) is 6.20. The molecule has 0 aliphatic heterocycles. The normalized spacial score (nSPS) is 12.8. The number of para-hydroxylation sites is 1. The number of rotatable bonds is 2. The molecule has 0 bridgehead atoms. The highest BCUT2D eigenvalue weighted by atomic mass is 79.9. The monoisotopic (exact) mass is 332 g/mol. The van der Waals surface area contributed by atoms with Gasteiger partial charge in [0.2, 0.25) is 0 Å². The van der Waals surface area contributed by atoms with Crippen LogP contribution in [0.3, 0.4) is 0 Å². The van der Waals surface area contributed by atoms with Crippen LogP contribution >= 0.6 is 15.9 Å². The maximum absolute atomic E-state index is 12.8. The summed E-state index contributed by atoms with van der Waals surface area (Å²) in [4.78, 5) is 12.8. The summed E-state index contributed by atoms with van der Waals surface area (Å²) in [6, 6.07) is 10.8. The molecule has 3 rings (SSSR count). The van der Waals surface area contributed by atoms with Gasteiger partial charge in [-0.2, -0.15) is 5.10 Å². The van der Waals surface area contributed by atoms with Crippen LogP contribution in [0.15, 0.2) is 51.9 Å². The number of halogens is 1. The van der Waals surface area contributed by atoms with Crippen molar-refractivity contribution in [2.24, 2.45) is 5.73 Å². The van der Waals surface area contributed by atoms with E-state index in [0.29, 0.717) is 11.3 Å². The van der Waals surface area contributed by atoms with Gasteiger partial charge >= 0.3 is 0 Å². The molecule has 0 radical (unpaired) electrons. The van der Waals surface area contributed by atoms with Crippen molar-refractivity contribution in [2.75, 3.05) is 0 Å². The number of hydrogen-bond acceptors (Lipinski definition) is 3. The molecule has 0 saturated heterocycles. The van der Waals surface area contributed by atoms with Gasteiger partial charge in [0.1, 0.15) is 5.52 Å². The van der Waals surface area contributed by atoms with Gasteiger partial charge in [0.05, 0.1) is 16.2 Å². The minimum atomic E-state index is -0.353. The van der Waals surface area contributed by atoms with E-state index in [9.17, 15) is 4.79 Å². The Morgan fingerprint density at radius 2 is 1.95 bits per heavy atom. The Labute approximate surface area is 123 Å². The van der Waals surface area contributed by atoms with Gasteiger partial charge in [0.25, 0.3) is 5.56 Å². The lowest BCUT2D eigenvalue weighted by Crippen LogP contribution is -2.29. The molecule has 2 aromatic heterocycles. The number of benzene rings is 1. The average Bonchev–Trinajstić information content (AvgIpc) is 2.81. The van der Waals surface area contributed by atoms with Crippen molar-refractivity contribution < 1.29 is 0 Å². The highest BCUT2D eigenvalue weighted by molar-refractivity contribution is 9.10. The first kappa shape index (κ1) is 13.1. The predicted molar refractivity (Wildman–Crippen MR) is 81.1 cm³/mol. The number of nitrogens with two attached hydrogens (primary N) is 1. The van der Waals surface area contributed by atoms with Crippen LogP contribution in [0.2, 0.25) is 0 Å². The third kappa shape index (κ3) is 1.97. The lowest BCUT2D eigenvalue weighted by Gasteiger charge is -2.15. The molecule has 2 N–H and O–H groups in total. The highest BCUT2D eigenvalue weighted by Gasteiger charge is 2.17. The number of fused-ring (bicyclic) bond motifs is 1. The van der Waals surface area contributed by atoms with Crippen LogP contribution in [0.5, 0.6) is 0 Å². The Bertz CT molecular complexity index is 820. The Morgan fingerprint density at radius 3 is 2.60 bits per heavy atom. The summed E-state index contributed by atoms with van der Waals surface area (Å²) in [6.07, 6.45) is 1.74. The molecule has 0 aliphatic rings. The zero-order chi connectivity index (χ0) is 14.3. The molecular formula is C14H13BrN4O. The third-order valence-electron chi connectivity index (χ3n) is 3.08. The molecule has 2 heterocycles. The molecule has 3 aromatic rings. The summed E-state index contributed by atoms with van der Waals surface area (Å²) in [6.45, 7) is 1.81. The summed E-state index contributed by atoms with van der Waals surface area (Å²) in [5.41, 5.74) is 7.08. The highest BCUT2D eigenvalue weighted by Crippen LogP contribution is 2.18. The first-order valence-corrected chi connectivity index (χ1v) is 6.99. The van der Waals surface area contributed by atoms with Gasteiger partial charge in [-0.1, -0.05) is 18.2 Å². The maximum atomic E-state index is 12.8. The van der Waals surface area contributed by atoms with Crippen molar-refractivity contribution in [1.82, 2.24) is 14.2 Å². The molecule has 102 valence electrons. The minimum Gasteiger partial charge on any atom is -0.322 e. The Kier molecular flexibility index (Phi) is 3.19. The fourth-order valence-electron chi connectivity index (χ4n) is 2.17. The standard InChI is InChI=1S/C14H13BrN4O/c1-9(16)13-17-18-8-7-11(15)12(18)14(20)19(13)10-5-3-2-4-6-10/h2-9H,16H2,1H3/t9-/m0/s1. The summed E-state index contributed by atoms with van der Waals surface area (Å²) in [5.74, 6) is 0.525. The second-order valence-electron chi connectivity index (χ2n) is 4.58. The SMILES string of the molecule is C[C@H](N)c1nn2ccc(Br)c2c(=O)n1-c1ccccc1. The van der Waals surface area contributed by atoms with E-state index in [-0.39, 0.29) is 11.6 Å². The fraction of sp³-hybridized carbons (Fsp3) is 0.143. The van der Waals surface area contributed by atoms with Crippen molar-refractivity contribution >= 4 is 21.4 Å². The van der Waals surface area contributed by atoms with E-state index in [4.69, 9.17) is 5.73 Å². The van der Waals surface area contributed by atoms with Gasteiger partial charge in [-0.15, -0.1) is 0 Å². The molecule has 0 fully saturated rings. The van der Waals surface area contributed by atoms with E-state index in [1.807, 2.05) is 37.3 Å².